The maximum Gasteiger partial charge on any atom is 0.293 e. The average Bonchev–Trinajstić information content (AvgIpc) is 3.66. The number of sulfonamides is 1. The van der Waals surface area contributed by atoms with Crippen molar-refractivity contribution in [3.8, 4) is 5.69 Å². The third-order valence-corrected chi connectivity index (χ3v) is 11.5. The molecule has 12 nitrogen and oxygen atoms in total. The van der Waals surface area contributed by atoms with Crippen LogP contribution in [-0.2, 0) is 46.2 Å². The predicted octanol–water partition coefficient (Wildman–Crippen LogP) is 7.32. The zero-order valence-corrected chi connectivity index (χ0v) is 33.5. The molecule has 20 heteroatoms. The highest BCUT2D eigenvalue weighted by Gasteiger charge is 2.67. The number of hydrogen-bond donors (Lipinski definition) is 2. The van der Waals surface area contributed by atoms with E-state index in [1.54, 1.807) is 18.2 Å². The first kappa shape index (κ1) is 40.4. The van der Waals surface area contributed by atoms with Crippen LogP contribution in [0.15, 0.2) is 53.3 Å². The number of anilines is 1. The molecular weight excluding hydrogens is 826 g/mol. The van der Waals surface area contributed by atoms with E-state index < -0.39 is 93.1 Å². The summed E-state index contributed by atoms with van der Waals surface area (Å²) in [4.78, 5) is 33.8. The Morgan fingerprint density at radius 3 is 2.39 bits per heavy atom. The van der Waals surface area contributed by atoms with Gasteiger partial charge < -0.3 is 5.32 Å². The number of alkyl halides is 4. The molecule has 6 aromatic rings. The first-order valence-corrected chi connectivity index (χ1v) is 20.5. The van der Waals surface area contributed by atoms with Crippen molar-refractivity contribution < 1.29 is 39.6 Å². The highest BCUT2D eigenvalue weighted by atomic mass is 35.5. The normalized spacial score (nSPS) is 17.7. The maximum absolute atomic E-state index is 15.5. The summed E-state index contributed by atoms with van der Waals surface area (Å²) in [7, 11) is -2.42. The fourth-order valence-electron chi connectivity index (χ4n) is 8.05. The molecule has 3 aromatic heterocycles. The second-order valence-electron chi connectivity index (χ2n) is 16.0. The van der Waals surface area contributed by atoms with Gasteiger partial charge in [0.2, 0.25) is 15.9 Å². The van der Waals surface area contributed by atoms with Crippen molar-refractivity contribution >= 4 is 55.2 Å². The molecule has 0 spiro atoms. The molecule has 3 aromatic carbocycles. The molecule has 0 saturated heterocycles. The molecule has 2 aliphatic carbocycles. The van der Waals surface area contributed by atoms with Gasteiger partial charge in [-0.1, -0.05) is 38.4 Å². The van der Waals surface area contributed by atoms with Crippen LogP contribution in [0.25, 0.3) is 27.5 Å². The van der Waals surface area contributed by atoms with Crippen molar-refractivity contribution in [2.45, 2.75) is 69.9 Å². The van der Waals surface area contributed by atoms with Gasteiger partial charge in [0, 0.05) is 31.0 Å². The number of hydrogen-bond acceptors (Lipinski definition) is 7. The van der Waals surface area contributed by atoms with Crippen LogP contribution in [0.5, 0.6) is 0 Å². The summed E-state index contributed by atoms with van der Waals surface area (Å²) in [6.07, 6.45) is -2.71. The number of fused-ring (bicyclic) bond motifs is 5. The Morgan fingerprint density at radius 2 is 1.75 bits per heavy atom. The first-order valence-electron chi connectivity index (χ1n) is 18.3. The zero-order valence-electron chi connectivity index (χ0n) is 31.9. The SMILES string of the molecule is Cn1nc(NS(C)(=O)=O)c2c(Cl)ccc(-n3c(C(Cc4cc(F)cc(F)c4)NC(=O)Cn4nc(C(F)F)c5c4C(F)(F)[C@@H]4CC54)nc4cc(C(C)(C)C)ccc4c3=O)c21. The predicted molar refractivity (Wildman–Crippen MR) is 207 cm³/mol. The number of nitrogens with zero attached hydrogens (tertiary/aromatic N) is 6. The number of carbonyl (C=O) groups is 1. The van der Waals surface area contributed by atoms with Gasteiger partial charge in [0.15, 0.2) is 5.82 Å². The summed E-state index contributed by atoms with van der Waals surface area (Å²) >= 11 is 6.61. The van der Waals surface area contributed by atoms with E-state index in [1.807, 2.05) is 20.8 Å². The van der Waals surface area contributed by atoms with E-state index in [1.165, 1.54) is 23.9 Å². The van der Waals surface area contributed by atoms with Crippen LogP contribution >= 0.6 is 11.6 Å². The lowest BCUT2D eigenvalue weighted by atomic mass is 9.86. The molecule has 8 rings (SSSR count). The fourth-order valence-corrected chi connectivity index (χ4v) is 8.78. The number of benzene rings is 3. The van der Waals surface area contributed by atoms with Gasteiger partial charge in [-0.05, 0) is 65.3 Å². The van der Waals surface area contributed by atoms with E-state index in [0.717, 1.165) is 28.5 Å². The van der Waals surface area contributed by atoms with E-state index in [0.29, 0.717) is 10.7 Å². The van der Waals surface area contributed by atoms with Crippen LogP contribution in [0, 0.1) is 17.6 Å². The van der Waals surface area contributed by atoms with Crippen LogP contribution in [-0.4, -0.2) is 49.7 Å². The highest BCUT2D eigenvalue weighted by molar-refractivity contribution is 7.92. The summed E-state index contributed by atoms with van der Waals surface area (Å²) in [5, 5.41) is 11.0. The molecule has 1 fully saturated rings. The van der Waals surface area contributed by atoms with Gasteiger partial charge in [-0.2, -0.15) is 19.0 Å². The van der Waals surface area contributed by atoms with E-state index in [9.17, 15) is 35.6 Å². The first-order chi connectivity index (χ1) is 27.5. The largest absolute Gasteiger partial charge is 0.344 e. The van der Waals surface area contributed by atoms with Crippen molar-refractivity contribution in [2.24, 2.45) is 13.0 Å². The van der Waals surface area contributed by atoms with Gasteiger partial charge in [0.1, 0.15) is 35.4 Å². The molecule has 310 valence electrons. The Balaban J connectivity index is 1.35. The Kier molecular flexibility index (Phi) is 9.45. The molecule has 1 amide bonds. The number of nitrogens with one attached hydrogen (secondary N) is 2. The quantitative estimate of drug-likeness (QED) is 0.137. The number of carbonyl (C=O) groups excluding carboxylic acids is 1. The minimum Gasteiger partial charge on any atom is -0.344 e. The summed E-state index contributed by atoms with van der Waals surface area (Å²) in [5.41, 5.74) is -1.90. The van der Waals surface area contributed by atoms with Gasteiger partial charge in [0.05, 0.1) is 44.8 Å². The number of amides is 1. The second-order valence-corrected chi connectivity index (χ2v) is 18.2. The Bertz CT molecular complexity index is 2900. The number of aromatic nitrogens is 6. The van der Waals surface area contributed by atoms with Crippen LogP contribution in [0.2, 0.25) is 5.02 Å². The van der Waals surface area contributed by atoms with E-state index >= 15 is 8.78 Å². The zero-order chi connectivity index (χ0) is 42.7. The van der Waals surface area contributed by atoms with Crippen LogP contribution in [0.4, 0.5) is 32.2 Å². The minimum absolute atomic E-state index is 0.00636. The van der Waals surface area contributed by atoms with Crippen LogP contribution in [0.1, 0.15) is 79.5 Å². The van der Waals surface area contributed by atoms with Gasteiger partial charge in [0.25, 0.3) is 17.9 Å². The summed E-state index contributed by atoms with van der Waals surface area (Å²) < 4.78 is 118. The molecule has 59 heavy (non-hydrogen) atoms. The maximum atomic E-state index is 15.5. The minimum atomic E-state index is -3.89. The van der Waals surface area contributed by atoms with Crippen molar-refractivity contribution in [1.29, 1.82) is 0 Å². The van der Waals surface area contributed by atoms with Gasteiger partial charge in [-0.15, -0.1) is 0 Å². The Hall–Kier alpha value is -5.43. The third-order valence-electron chi connectivity index (χ3n) is 10.7. The molecule has 2 aliphatic rings. The lowest BCUT2D eigenvalue weighted by molar-refractivity contribution is -0.123. The number of aryl methyl sites for hydroxylation is 1. The molecule has 1 saturated carbocycles. The molecule has 0 aliphatic heterocycles. The summed E-state index contributed by atoms with van der Waals surface area (Å²) in [6.45, 7) is 4.85. The topological polar surface area (TPSA) is 146 Å². The Labute approximate surface area is 337 Å². The summed E-state index contributed by atoms with van der Waals surface area (Å²) in [6, 6.07) is 8.96. The molecule has 2 N–H and O–H groups in total. The molecule has 3 heterocycles. The van der Waals surface area contributed by atoms with Crippen molar-refractivity contribution in [1.82, 2.24) is 34.4 Å². The van der Waals surface area contributed by atoms with E-state index in [4.69, 9.17) is 16.6 Å². The highest BCUT2D eigenvalue weighted by Crippen LogP contribution is 2.68. The number of halogens is 7. The molecule has 0 radical (unpaired) electrons. The van der Waals surface area contributed by atoms with Gasteiger partial charge >= 0.3 is 0 Å². The molecular formula is C39H35ClF6N8O4S. The van der Waals surface area contributed by atoms with Crippen molar-refractivity contribution in [3.63, 3.8) is 0 Å². The standard InChI is InChI=1S/C39H35ClF6N8O4S/c1-38(2,3)18-6-7-21-25(13-18)48-36(54(37(21)56)27-9-8-24(40)30-32(27)52(4)50-35(30)51-59(5,57)58)26(12-17-10-19(41)14-20(42)11-17)47-28(55)16-53-33-29(31(49-53)34(43)44)22-15-23(22)39(33,45)46/h6-11,13-14,22-23,26,34H,12,15-16H2,1-5H3,(H,47,55)(H,50,51)/t22?,23-,26?/m1/s1. The fraction of sp³-hybridized carbons (Fsp3) is 0.359. The van der Waals surface area contributed by atoms with Crippen LogP contribution in [0.3, 0.4) is 0 Å². The average molecular weight is 861 g/mol. The van der Waals surface area contributed by atoms with Gasteiger partial charge in [-0.3, -0.25) is 28.2 Å². The molecule has 0 bridgehead atoms. The lowest BCUT2D eigenvalue weighted by Crippen LogP contribution is -2.38. The third kappa shape index (κ3) is 7.10. The smallest absolute Gasteiger partial charge is 0.293 e. The second kappa shape index (κ2) is 13.8. The van der Waals surface area contributed by atoms with Crippen molar-refractivity contribution in [2.75, 3.05) is 11.0 Å². The summed E-state index contributed by atoms with van der Waals surface area (Å²) in [5.74, 6) is -8.87. The lowest BCUT2D eigenvalue weighted by Gasteiger charge is -2.25. The Morgan fingerprint density at radius 1 is 1.05 bits per heavy atom. The monoisotopic (exact) mass is 860 g/mol. The van der Waals surface area contributed by atoms with Crippen molar-refractivity contribution in [3.05, 3.63) is 109 Å². The van der Waals surface area contributed by atoms with Crippen LogP contribution < -0.4 is 15.6 Å². The van der Waals surface area contributed by atoms with Gasteiger partial charge in [-0.25, -0.2) is 31.0 Å². The van der Waals surface area contributed by atoms with E-state index in [2.05, 4.69) is 20.2 Å². The number of rotatable bonds is 10. The molecule has 3 atom stereocenters. The molecule has 2 unspecified atom stereocenters. The van der Waals surface area contributed by atoms with E-state index in [-0.39, 0.29) is 61.7 Å².